The molecule has 26 heavy (non-hydrogen) atoms. The Morgan fingerprint density at radius 3 is 2.58 bits per heavy atom. The molecule has 4 heteroatoms. The molecule has 0 amide bonds. The van der Waals surface area contributed by atoms with E-state index in [2.05, 4.69) is 6.92 Å². The van der Waals surface area contributed by atoms with Crippen LogP contribution in [0.25, 0.3) is 22.2 Å². The van der Waals surface area contributed by atoms with Crippen LogP contribution in [0.2, 0.25) is 0 Å². The topological polar surface area (TPSA) is 40.5 Å². The van der Waals surface area contributed by atoms with Crippen molar-refractivity contribution >= 4 is 16.8 Å². The van der Waals surface area contributed by atoms with Gasteiger partial charge in [-0.3, -0.25) is 9.36 Å². The smallest absolute Gasteiger partial charge is 0.228 e. The number of benzene rings is 2. The van der Waals surface area contributed by atoms with E-state index in [1.807, 2.05) is 41.0 Å². The van der Waals surface area contributed by atoms with E-state index in [-0.39, 0.29) is 5.91 Å². The Bertz CT molecular complexity index is 983. The third-order valence-electron chi connectivity index (χ3n) is 5.13. The van der Waals surface area contributed by atoms with Gasteiger partial charge in [0, 0.05) is 12.3 Å². The quantitative estimate of drug-likeness (QED) is 0.654. The molecule has 2 heterocycles. The molecule has 0 N–H and O–H groups in total. The molecule has 4 nitrogen and oxygen atoms in total. The van der Waals surface area contributed by atoms with E-state index in [1.165, 1.54) is 5.56 Å². The van der Waals surface area contributed by atoms with Crippen molar-refractivity contribution in [3.8, 4) is 22.8 Å². The molecule has 1 aliphatic heterocycles. The molecule has 0 spiro atoms. The minimum atomic E-state index is 0.0200. The van der Waals surface area contributed by atoms with Crippen LogP contribution in [0.3, 0.4) is 0 Å². The summed E-state index contributed by atoms with van der Waals surface area (Å²) in [6.45, 7) is 4.41. The summed E-state index contributed by atoms with van der Waals surface area (Å²) in [7, 11) is 1.66. The fourth-order valence-electron chi connectivity index (χ4n) is 3.94. The van der Waals surface area contributed by atoms with Gasteiger partial charge in [-0.05, 0) is 73.2 Å². The van der Waals surface area contributed by atoms with Crippen LogP contribution in [0.15, 0.2) is 36.4 Å². The van der Waals surface area contributed by atoms with Gasteiger partial charge in [0.05, 0.1) is 24.9 Å². The summed E-state index contributed by atoms with van der Waals surface area (Å²) < 4.78 is 13.2. The number of hydrogen-bond donors (Lipinski definition) is 0. The highest BCUT2D eigenvalue weighted by Crippen LogP contribution is 2.42. The maximum Gasteiger partial charge on any atom is 0.228 e. The van der Waals surface area contributed by atoms with E-state index < -0.39 is 0 Å². The number of carbonyl (C=O) groups is 1. The third-order valence-corrected chi connectivity index (χ3v) is 5.13. The average molecular weight is 349 g/mol. The van der Waals surface area contributed by atoms with Crippen molar-refractivity contribution in [1.82, 2.24) is 4.57 Å². The fourth-order valence-corrected chi connectivity index (χ4v) is 3.94. The summed E-state index contributed by atoms with van der Waals surface area (Å²) in [6.07, 6.45) is 3.01. The minimum Gasteiger partial charge on any atom is -0.497 e. The highest BCUT2D eigenvalue weighted by molar-refractivity contribution is 6.04. The fraction of sp³-hybridized carbons (Fsp3) is 0.318. The molecular weight excluding hydrogens is 326 g/mol. The van der Waals surface area contributed by atoms with Crippen molar-refractivity contribution in [3.05, 3.63) is 47.5 Å². The minimum absolute atomic E-state index is 0.0200. The van der Waals surface area contributed by atoms with Crippen molar-refractivity contribution < 1.29 is 14.3 Å². The summed E-state index contributed by atoms with van der Waals surface area (Å²) in [5.41, 5.74) is 5.27. The second-order valence-corrected chi connectivity index (χ2v) is 6.82. The summed E-state index contributed by atoms with van der Waals surface area (Å²) in [6, 6.07) is 12.0. The molecule has 0 saturated heterocycles. The number of carbonyl (C=O) groups excluding carboxylic acids is 1. The first-order chi connectivity index (χ1) is 12.6. The lowest BCUT2D eigenvalue weighted by molar-refractivity contribution is 0.0943. The Morgan fingerprint density at radius 1 is 1.12 bits per heavy atom. The molecule has 3 aromatic rings. The Hall–Kier alpha value is -2.75. The molecule has 0 unspecified atom stereocenters. The first kappa shape index (κ1) is 16.7. The van der Waals surface area contributed by atoms with Gasteiger partial charge in [0.2, 0.25) is 5.91 Å². The van der Waals surface area contributed by atoms with Crippen LogP contribution in [0.4, 0.5) is 0 Å². The number of aromatic nitrogens is 1. The maximum atomic E-state index is 12.7. The van der Waals surface area contributed by atoms with Gasteiger partial charge in [-0.25, -0.2) is 0 Å². The molecule has 1 aromatic heterocycles. The number of rotatable bonds is 2. The van der Waals surface area contributed by atoms with Gasteiger partial charge in [0.25, 0.3) is 0 Å². The first-order valence-electron chi connectivity index (χ1n) is 9.07. The van der Waals surface area contributed by atoms with Crippen LogP contribution in [-0.4, -0.2) is 24.2 Å². The van der Waals surface area contributed by atoms with E-state index in [0.717, 1.165) is 65.1 Å². The van der Waals surface area contributed by atoms with Gasteiger partial charge in [0.15, 0.2) is 0 Å². The van der Waals surface area contributed by atoms with Gasteiger partial charge in [-0.2, -0.15) is 0 Å². The third kappa shape index (κ3) is 2.57. The van der Waals surface area contributed by atoms with Gasteiger partial charge in [0.1, 0.15) is 11.5 Å². The lowest BCUT2D eigenvalue weighted by Gasteiger charge is -2.14. The molecule has 0 radical (unpaired) electrons. The van der Waals surface area contributed by atoms with Crippen molar-refractivity contribution in [3.63, 3.8) is 0 Å². The standard InChI is InChI=1S/C22H23NO3/c1-14-7-12-19-20-18(6-4-5-13-26-19)22(23(15(2)24)21(14)20)16-8-10-17(25-3)11-9-16/h7-12H,4-6,13H2,1-3H3. The summed E-state index contributed by atoms with van der Waals surface area (Å²) in [4.78, 5) is 12.7. The molecule has 0 bridgehead atoms. The largest absolute Gasteiger partial charge is 0.497 e. The molecule has 1 aliphatic rings. The van der Waals surface area contributed by atoms with Gasteiger partial charge < -0.3 is 9.47 Å². The molecule has 0 saturated carbocycles. The number of hydrogen-bond acceptors (Lipinski definition) is 3. The molecule has 0 aliphatic carbocycles. The van der Waals surface area contributed by atoms with Gasteiger partial charge >= 0.3 is 0 Å². The zero-order valence-corrected chi connectivity index (χ0v) is 15.5. The van der Waals surface area contributed by atoms with Crippen molar-refractivity contribution in [1.29, 1.82) is 0 Å². The molecule has 0 atom stereocenters. The lowest BCUT2D eigenvalue weighted by atomic mass is 9.98. The van der Waals surface area contributed by atoms with E-state index in [0.29, 0.717) is 0 Å². The maximum absolute atomic E-state index is 12.7. The Morgan fingerprint density at radius 2 is 1.88 bits per heavy atom. The summed E-state index contributed by atoms with van der Waals surface area (Å²) in [5.74, 6) is 1.71. The van der Waals surface area contributed by atoms with Gasteiger partial charge in [-0.15, -0.1) is 0 Å². The van der Waals surface area contributed by atoms with Crippen LogP contribution in [0.1, 0.15) is 35.7 Å². The van der Waals surface area contributed by atoms with E-state index >= 15 is 0 Å². The van der Waals surface area contributed by atoms with Crippen LogP contribution < -0.4 is 9.47 Å². The second kappa shape index (κ2) is 6.52. The molecule has 2 aromatic carbocycles. The molecule has 4 rings (SSSR count). The van der Waals surface area contributed by atoms with Crippen molar-refractivity contribution in [2.45, 2.75) is 33.1 Å². The SMILES string of the molecule is COc1ccc(-c2c3c4c(ccc(C)c4n2C(C)=O)OCCCC3)cc1. The van der Waals surface area contributed by atoms with Gasteiger partial charge in [-0.1, -0.05) is 6.07 Å². The summed E-state index contributed by atoms with van der Waals surface area (Å²) >= 11 is 0. The van der Waals surface area contributed by atoms with Crippen molar-refractivity contribution in [2.75, 3.05) is 13.7 Å². The zero-order valence-electron chi connectivity index (χ0n) is 15.5. The Labute approximate surface area is 153 Å². The zero-order chi connectivity index (χ0) is 18.3. The number of nitrogens with zero attached hydrogens (tertiary/aromatic N) is 1. The average Bonchev–Trinajstić information content (AvgIpc) is 2.97. The number of ether oxygens (including phenoxy) is 2. The highest BCUT2D eigenvalue weighted by Gasteiger charge is 2.25. The monoisotopic (exact) mass is 349 g/mol. The van der Waals surface area contributed by atoms with E-state index in [4.69, 9.17) is 9.47 Å². The highest BCUT2D eigenvalue weighted by atomic mass is 16.5. The van der Waals surface area contributed by atoms with Crippen LogP contribution >= 0.6 is 0 Å². The summed E-state index contributed by atoms with van der Waals surface area (Å²) in [5, 5.41) is 1.09. The first-order valence-corrected chi connectivity index (χ1v) is 9.07. The van der Waals surface area contributed by atoms with E-state index in [9.17, 15) is 4.79 Å². The number of methoxy groups -OCH3 is 1. The van der Waals surface area contributed by atoms with Crippen LogP contribution in [0.5, 0.6) is 11.5 Å². The lowest BCUT2D eigenvalue weighted by Crippen LogP contribution is -2.08. The Balaban J connectivity index is 2.10. The predicted molar refractivity (Wildman–Crippen MR) is 103 cm³/mol. The van der Waals surface area contributed by atoms with Crippen LogP contribution in [0, 0.1) is 6.92 Å². The Kier molecular flexibility index (Phi) is 4.19. The normalized spacial score (nSPS) is 13.8. The van der Waals surface area contributed by atoms with E-state index in [1.54, 1.807) is 14.0 Å². The molecule has 134 valence electrons. The number of aryl methyl sites for hydroxylation is 2. The molecular formula is C22H23NO3. The van der Waals surface area contributed by atoms with Crippen LogP contribution in [-0.2, 0) is 6.42 Å². The second-order valence-electron chi connectivity index (χ2n) is 6.82. The molecule has 0 fully saturated rings. The van der Waals surface area contributed by atoms with Crippen molar-refractivity contribution in [2.24, 2.45) is 0 Å². The predicted octanol–water partition coefficient (Wildman–Crippen LogP) is 5.00.